The summed E-state index contributed by atoms with van der Waals surface area (Å²) >= 11 is 4.78. The SMILES string of the molecule is COC(=O)C(Br)CSc1ccccc1N. The number of nitrogens with two attached hydrogens (primary N) is 1. The van der Waals surface area contributed by atoms with Crippen LogP contribution in [0.15, 0.2) is 29.2 Å². The quantitative estimate of drug-likeness (QED) is 0.400. The molecular formula is C10H12BrNO2S. The van der Waals surface area contributed by atoms with Crippen LogP contribution in [0.3, 0.4) is 0 Å². The molecule has 0 fully saturated rings. The Morgan fingerprint density at radius 3 is 2.87 bits per heavy atom. The lowest BCUT2D eigenvalue weighted by molar-refractivity contribution is -0.139. The van der Waals surface area contributed by atoms with Gasteiger partial charge in [-0.3, -0.25) is 4.79 Å². The molecule has 0 aromatic heterocycles. The third-order valence-corrected chi connectivity index (χ3v) is 4.07. The largest absolute Gasteiger partial charge is 0.468 e. The van der Waals surface area contributed by atoms with Crippen molar-refractivity contribution in [2.45, 2.75) is 9.72 Å². The number of thioether (sulfide) groups is 1. The van der Waals surface area contributed by atoms with E-state index in [1.54, 1.807) is 0 Å². The third-order valence-electron chi connectivity index (χ3n) is 1.76. The third kappa shape index (κ3) is 3.76. The average Bonchev–Trinajstić information content (AvgIpc) is 2.26. The first kappa shape index (κ1) is 12.4. The minimum absolute atomic E-state index is 0.267. The second kappa shape index (κ2) is 6.02. The lowest BCUT2D eigenvalue weighted by atomic mass is 10.3. The monoisotopic (exact) mass is 289 g/mol. The molecule has 5 heteroatoms. The Labute approximate surface area is 101 Å². The molecule has 0 bridgehead atoms. The van der Waals surface area contributed by atoms with Gasteiger partial charge in [0.25, 0.3) is 0 Å². The normalized spacial score (nSPS) is 12.1. The molecule has 0 spiro atoms. The number of alkyl halides is 1. The standard InChI is InChI=1S/C10H12BrNO2S/c1-14-10(13)7(11)6-15-9-5-3-2-4-8(9)12/h2-5,7H,6,12H2,1H3. The molecule has 0 heterocycles. The van der Waals surface area contributed by atoms with Crippen LogP contribution in [0.1, 0.15) is 0 Å². The first-order chi connectivity index (χ1) is 7.15. The summed E-state index contributed by atoms with van der Waals surface area (Å²) in [6, 6.07) is 7.56. The number of halogens is 1. The number of hydrogen-bond acceptors (Lipinski definition) is 4. The van der Waals surface area contributed by atoms with Crippen molar-refractivity contribution in [3.05, 3.63) is 24.3 Å². The van der Waals surface area contributed by atoms with E-state index in [0.29, 0.717) is 5.75 Å². The van der Waals surface area contributed by atoms with E-state index in [1.807, 2.05) is 24.3 Å². The van der Waals surface area contributed by atoms with Gasteiger partial charge in [0.15, 0.2) is 0 Å². The fourth-order valence-corrected chi connectivity index (χ4v) is 2.43. The molecule has 15 heavy (non-hydrogen) atoms. The van der Waals surface area contributed by atoms with E-state index in [1.165, 1.54) is 18.9 Å². The summed E-state index contributed by atoms with van der Waals surface area (Å²) in [6.45, 7) is 0. The van der Waals surface area contributed by atoms with Gasteiger partial charge in [0.2, 0.25) is 0 Å². The number of ether oxygens (including phenoxy) is 1. The minimum Gasteiger partial charge on any atom is -0.468 e. The zero-order chi connectivity index (χ0) is 11.3. The fraction of sp³-hybridized carbons (Fsp3) is 0.300. The van der Waals surface area contributed by atoms with Gasteiger partial charge < -0.3 is 10.5 Å². The number of esters is 1. The zero-order valence-electron chi connectivity index (χ0n) is 8.27. The highest BCUT2D eigenvalue weighted by atomic mass is 79.9. The molecule has 0 amide bonds. The van der Waals surface area contributed by atoms with Crippen molar-refractivity contribution < 1.29 is 9.53 Å². The highest BCUT2D eigenvalue weighted by molar-refractivity contribution is 9.10. The molecule has 0 aliphatic heterocycles. The Kier molecular flexibility index (Phi) is 4.98. The Balaban J connectivity index is 2.50. The number of benzene rings is 1. The summed E-state index contributed by atoms with van der Waals surface area (Å²) in [5, 5.41) is 0. The maximum Gasteiger partial charge on any atom is 0.320 e. The number of hydrogen-bond donors (Lipinski definition) is 1. The smallest absolute Gasteiger partial charge is 0.320 e. The molecular weight excluding hydrogens is 278 g/mol. The predicted octanol–water partition coefficient (Wildman–Crippen LogP) is 2.30. The van der Waals surface area contributed by atoms with Gasteiger partial charge >= 0.3 is 5.97 Å². The van der Waals surface area contributed by atoms with E-state index in [0.717, 1.165) is 10.6 Å². The average molecular weight is 290 g/mol. The van der Waals surface area contributed by atoms with Crippen molar-refractivity contribution in [3.8, 4) is 0 Å². The molecule has 2 N–H and O–H groups in total. The molecule has 1 aromatic carbocycles. The number of anilines is 1. The second-order valence-corrected chi connectivity index (χ2v) is 5.01. The van der Waals surface area contributed by atoms with E-state index in [9.17, 15) is 4.79 Å². The Morgan fingerprint density at radius 1 is 1.60 bits per heavy atom. The van der Waals surface area contributed by atoms with E-state index in [2.05, 4.69) is 20.7 Å². The first-order valence-electron chi connectivity index (χ1n) is 4.34. The second-order valence-electron chi connectivity index (χ2n) is 2.84. The van der Waals surface area contributed by atoms with Crippen molar-refractivity contribution in [1.82, 2.24) is 0 Å². The van der Waals surface area contributed by atoms with Gasteiger partial charge in [-0.1, -0.05) is 28.1 Å². The summed E-state index contributed by atoms with van der Waals surface area (Å²) < 4.78 is 4.60. The Hall–Kier alpha value is -0.680. The topological polar surface area (TPSA) is 52.3 Å². The van der Waals surface area contributed by atoms with Gasteiger partial charge in [0.05, 0.1) is 7.11 Å². The molecule has 0 saturated carbocycles. The zero-order valence-corrected chi connectivity index (χ0v) is 10.7. The number of nitrogen functional groups attached to an aromatic ring is 1. The van der Waals surface area contributed by atoms with E-state index >= 15 is 0 Å². The van der Waals surface area contributed by atoms with Crippen LogP contribution in [0.25, 0.3) is 0 Å². The molecule has 0 aliphatic carbocycles. The van der Waals surface area contributed by atoms with Gasteiger partial charge in [-0.15, -0.1) is 11.8 Å². The summed E-state index contributed by atoms with van der Waals surface area (Å²) in [5.74, 6) is 0.331. The highest BCUT2D eigenvalue weighted by Crippen LogP contribution is 2.26. The van der Waals surface area contributed by atoms with Crippen LogP contribution in [0.2, 0.25) is 0 Å². The number of carbonyl (C=O) groups excluding carboxylic acids is 1. The molecule has 0 saturated heterocycles. The van der Waals surface area contributed by atoms with Crippen LogP contribution in [0.4, 0.5) is 5.69 Å². The lowest BCUT2D eigenvalue weighted by Crippen LogP contribution is -2.17. The van der Waals surface area contributed by atoms with Crippen LogP contribution in [-0.2, 0) is 9.53 Å². The summed E-state index contributed by atoms with van der Waals surface area (Å²) in [6.07, 6.45) is 0. The van der Waals surface area contributed by atoms with Gasteiger partial charge in [-0.25, -0.2) is 0 Å². The van der Waals surface area contributed by atoms with Crippen LogP contribution in [0, 0.1) is 0 Å². The van der Waals surface area contributed by atoms with Crippen LogP contribution in [0.5, 0.6) is 0 Å². The van der Waals surface area contributed by atoms with Gasteiger partial charge in [-0.05, 0) is 12.1 Å². The van der Waals surface area contributed by atoms with Crippen molar-refractivity contribution in [1.29, 1.82) is 0 Å². The highest BCUT2D eigenvalue weighted by Gasteiger charge is 2.15. The van der Waals surface area contributed by atoms with Crippen molar-refractivity contribution in [2.75, 3.05) is 18.6 Å². The van der Waals surface area contributed by atoms with E-state index < -0.39 is 0 Å². The number of rotatable bonds is 4. The molecule has 0 aliphatic rings. The van der Waals surface area contributed by atoms with Crippen LogP contribution < -0.4 is 5.73 Å². The van der Waals surface area contributed by atoms with Crippen LogP contribution in [-0.4, -0.2) is 23.7 Å². The Bertz CT molecular complexity index is 346. The molecule has 1 atom stereocenters. The summed E-state index contributed by atoms with van der Waals surface area (Å²) in [4.78, 5) is 11.8. The van der Waals surface area contributed by atoms with Crippen molar-refractivity contribution in [3.63, 3.8) is 0 Å². The molecule has 82 valence electrons. The van der Waals surface area contributed by atoms with Crippen molar-refractivity contribution in [2.24, 2.45) is 0 Å². The molecule has 1 rings (SSSR count). The lowest BCUT2D eigenvalue weighted by Gasteiger charge is -2.08. The molecule has 1 unspecified atom stereocenters. The molecule has 1 aromatic rings. The van der Waals surface area contributed by atoms with Gasteiger partial charge in [-0.2, -0.15) is 0 Å². The minimum atomic E-state index is -0.299. The summed E-state index contributed by atoms with van der Waals surface area (Å²) in [5.41, 5.74) is 6.49. The molecule has 0 radical (unpaired) electrons. The fourth-order valence-electron chi connectivity index (χ4n) is 0.971. The van der Waals surface area contributed by atoms with E-state index in [4.69, 9.17) is 5.73 Å². The number of carbonyl (C=O) groups is 1. The number of para-hydroxylation sites is 1. The van der Waals surface area contributed by atoms with Crippen LogP contribution >= 0.6 is 27.7 Å². The van der Waals surface area contributed by atoms with Gasteiger partial charge in [0, 0.05) is 16.3 Å². The maximum absolute atomic E-state index is 11.1. The predicted molar refractivity (Wildman–Crippen MR) is 66.3 cm³/mol. The Morgan fingerprint density at radius 2 is 2.27 bits per heavy atom. The first-order valence-corrected chi connectivity index (χ1v) is 6.24. The van der Waals surface area contributed by atoms with Gasteiger partial charge in [0.1, 0.15) is 4.83 Å². The van der Waals surface area contributed by atoms with E-state index in [-0.39, 0.29) is 10.8 Å². The maximum atomic E-state index is 11.1. The van der Waals surface area contributed by atoms with Crippen molar-refractivity contribution >= 4 is 39.3 Å². The number of methoxy groups -OCH3 is 1. The summed E-state index contributed by atoms with van der Waals surface area (Å²) in [7, 11) is 1.37. The molecule has 3 nitrogen and oxygen atoms in total.